The number of carbonyl (C=O) groups excluding carboxylic acids is 1. The number of amides is 1. The highest BCUT2D eigenvalue weighted by Gasteiger charge is 2.24. The highest BCUT2D eigenvalue weighted by Crippen LogP contribution is 2.31. The average molecular weight is 448 g/mol. The molecule has 3 rings (SSSR count). The van der Waals surface area contributed by atoms with E-state index in [1.54, 1.807) is 19.9 Å². The molecule has 2 heterocycles. The molecule has 0 saturated carbocycles. The van der Waals surface area contributed by atoms with E-state index >= 15 is 0 Å². The van der Waals surface area contributed by atoms with Gasteiger partial charge in [-0.15, -0.1) is 11.3 Å². The molecule has 0 aliphatic rings. The van der Waals surface area contributed by atoms with Gasteiger partial charge in [0.1, 0.15) is 10.6 Å². The van der Waals surface area contributed by atoms with Gasteiger partial charge in [0.05, 0.1) is 22.9 Å². The maximum absolute atomic E-state index is 13.0. The van der Waals surface area contributed by atoms with Crippen LogP contribution < -0.4 is 10.1 Å². The van der Waals surface area contributed by atoms with Crippen molar-refractivity contribution >= 4 is 33.0 Å². The van der Waals surface area contributed by atoms with Gasteiger partial charge in [-0.3, -0.25) is 4.79 Å². The van der Waals surface area contributed by atoms with Gasteiger partial charge < -0.3 is 14.6 Å². The molecule has 1 N–H and O–H groups in total. The summed E-state index contributed by atoms with van der Waals surface area (Å²) >= 11 is 1.32. The molecule has 9 heteroatoms. The summed E-state index contributed by atoms with van der Waals surface area (Å²) in [7, 11) is -3.66. The zero-order valence-corrected chi connectivity index (χ0v) is 18.8. The minimum Gasteiger partial charge on any atom is -0.492 e. The highest BCUT2D eigenvalue weighted by atomic mass is 32.2. The zero-order chi connectivity index (χ0) is 21.7. The van der Waals surface area contributed by atoms with Gasteiger partial charge in [0.25, 0.3) is 5.91 Å². The molecular formula is C21H25N3O4S2. The fraction of sp³-hybridized carbons (Fsp3) is 0.286. The topological polar surface area (TPSA) is 80.6 Å². The van der Waals surface area contributed by atoms with E-state index in [-0.39, 0.29) is 10.8 Å². The van der Waals surface area contributed by atoms with Crippen molar-refractivity contribution in [2.24, 2.45) is 0 Å². The van der Waals surface area contributed by atoms with Gasteiger partial charge in [0, 0.05) is 25.5 Å². The van der Waals surface area contributed by atoms with Crippen LogP contribution in [0.1, 0.15) is 30.4 Å². The molecule has 30 heavy (non-hydrogen) atoms. The quantitative estimate of drug-likeness (QED) is 0.533. The molecule has 160 valence electrons. The summed E-state index contributed by atoms with van der Waals surface area (Å²) in [6.07, 6.45) is 3.73. The van der Waals surface area contributed by atoms with Crippen LogP contribution >= 0.6 is 11.3 Å². The van der Waals surface area contributed by atoms with Crippen molar-refractivity contribution in [3.05, 3.63) is 59.0 Å². The normalized spacial score (nSPS) is 11.6. The second-order valence-corrected chi connectivity index (χ2v) is 9.21. The standard InChI is InChI=1S/C21H25N3O4S2/c1-4-24(5-2)30(26,27)16-9-10-19(28-6-3)17(15-16)22-21(25)20-18(11-14-29-20)23-12-7-8-13-23/h7-15H,4-6H2,1-3H3,(H,22,25). The van der Waals surface area contributed by atoms with E-state index in [0.717, 1.165) is 5.69 Å². The summed E-state index contributed by atoms with van der Waals surface area (Å²) in [6.45, 7) is 6.52. The van der Waals surface area contributed by atoms with Crippen molar-refractivity contribution in [1.29, 1.82) is 0 Å². The van der Waals surface area contributed by atoms with Crippen LogP contribution in [-0.2, 0) is 10.0 Å². The van der Waals surface area contributed by atoms with Gasteiger partial charge in [0.15, 0.2) is 0 Å². The second kappa shape index (κ2) is 9.46. The van der Waals surface area contributed by atoms with Gasteiger partial charge in [-0.05, 0) is 48.7 Å². The molecule has 3 aromatic rings. The summed E-state index contributed by atoms with van der Waals surface area (Å²) in [5, 5.41) is 4.68. The van der Waals surface area contributed by atoms with Gasteiger partial charge in [-0.1, -0.05) is 13.8 Å². The smallest absolute Gasteiger partial charge is 0.267 e. The molecule has 0 radical (unpaired) electrons. The van der Waals surface area contributed by atoms with Gasteiger partial charge in [-0.25, -0.2) is 8.42 Å². The zero-order valence-electron chi connectivity index (χ0n) is 17.2. The Morgan fingerprint density at radius 3 is 2.47 bits per heavy atom. The third kappa shape index (κ3) is 4.43. The first-order valence-electron chi connectivity index (χ1n) is 9.71. The summed E-state index contributed by atoms with van der Waals surface area (Å²) in [4.78, 5) is 13.7. The van der Waals surface area contributed by atoms with Crippen molar-refractivity contribution in [2.45, 2.75) is 25.7 Å². The maximum Gasteiger partial charge on any atom is 0.267 e. The number of hydrogen-bond acceptors (Lipinski definition) is 5. The number of thiophene rings is 1. The van der Waals surface area contributed by atoms with Crippen LogP contribution in [0.25, 0.3) is 5.69 Å². The van der Waals surface area contributed by atoms with Crippen molar-refractivity contribution in [1.82, 2.24) is 8.87 Å². The van der Waals surface area contributed by atoms with E-state index < -0.39 is 10.0 Å². The fourth-order valence-electron chi connectivity index (χ4n) is 3.11. The van der Waals surface area contributed by atoms with Crippen LogP contribution in [0.4, 0.5) is 5.69 Å². The molecule has 0 aliphatic heterocycles. The number of hydrogen-bond donors (Lipinski definition) is 1. The molecule has 0 fully saturated rings. The average Bonchev–Trinajstić information content (AvgIpc) is 3.41. The third-order valence-corrected chi connectivity index (χ3v) is 7.52. The Kier molecular flexibility index (Phi) is 6.96. The van der Waals surface area contributed by atoms with Gasteiger partial charge >= 0.3 is 0 Å². The van der Waals surface area contributed by atoms with Crippen LogP contribution in [0.5, 0.6) is 5.75 Å². The van der Waals surface area contributed by atoms with Crippen LogP contribution in [0, 0.1) is 0 Å². The Morgan fingerprint density at radius 2 is 1.83 bits per heavy atom. The van der Waals surface area contributed by atoms with E-state index in [0.29, 0.717) is 36.0 Å². The maximum atomic E-state index is 13.0. The number of carbonyl (C=O) groups is 1. The first-order chi connectivity index (χ1) is 14.4. The minimum atomic E-state index is -3.66. The Labute approximate surface area is 181 Å². The lowest BCUT2D eigenvalue weighted by Crippen LogP contribution is -2.30. The Balaban J connectivity index is 1.97. The van der Waals surface area contributed by atoms with Crippen molar-refractivity contribution in [2.75, 3.05) is 25.0 Å². The summed E-state index contributed by atoms with van der Waals surface area (Å²) in [5.41, 5.74) is 1.08. The first kappa shape index (κ1) is 22.1. The van der Waals surface area contributed by atoms with Crippen LogP contribution in [0.2, 0.25) is 0 Å². The highest BCUT2D eigenvalue weighted by molar-refractivity contribution is 7.89. The molecule has 0 spiro atoms. The van der Waals surface area contributed by atoms with Crippen LogP contribution in [0.3, 0.4) is 0 Å². The number of ether oxygens (including phenoxy) is 1. The number of sulfonamides is 1. The first-order valence-corrected chi connectivity index (χ1v) is 12.0. The number of anilines is 1. The number of aromatic nitrogens is 1. The van der Waals surface area contributed by atoms with Gasteiger partial charge in [-0.2, -0.15) is 4.31 Å². The van der Waals surface area contributed by atoms with E-state index in [1.165, 1.54) is 27.8 Å². The summed E-state index contributed by atoms with van der Waals surface area (Å²) in [5.74, 6) is 0.0930. The van der Waals surface area contributed by atoms with E-state index in [4.69, 9.17) is 4.74 Å². The predicted octanol–water partition coefficient (Wildman–Crippen LogP) is 4.22. The Bertz CT molecular complexity index is 1100. The molecule has 0 bridgehead atoms. The summed E-state index contributed by atoms with van der Waals surface area (Å²) in [6, 6.07) is 10.2. The lowest BCUT2D eigenvalue weighted by atomic mass is 10.2. The number of nitrogens with zero attached hydrogens (tertiary/aromatic N) is 2. The van der Waals surface area contributed by atoms with Crippen molar-refractivity contribution in [3.63, 3.8) is 0 Å². The third-order valence-electron chi connectivity index (χ3n) is 4.58. The summed E-state index contributed by atoms with van der Waals surface area (Å²) < 4.78 is 34.7. The van der Waals surface area contributed by atoms with Crippen molar-refractivity contribution in [3.8, 4) is 11.4 Å². The van der Waals surface area contributed by atoms with E-state index in [2.05, 4.69) is 5.32 Å². The lowest BCUT2D eigenvalue weighted by Gasteiger charge is -2.20. The second-order valence-electron chi connectivity index (χ2n) is 6.36. The Morgan fingerprint density at radius 1 is 1.13 bits per heavy atom. The largest absolute Gasteiger partial charge is 0.492 e. The molecule has 2 aromatic heterocycles. The SMILES string of the molecule is CCOc1ccc(S(=O)(=O)N(CC)CC)cc1NC(=O)c1sccc1-n1cccc1. The molecule has 0 unspecified atom stereocenters. The number of rotatable bonds is 9. The molecule has 1 aromatic carbocycles. The van der Waals surface area contributed by atoms with E-state index in [1.807, 2.05) is 47.5 Å². The minimum absolute atomic E-state index is 0.113. The lowest BCUT2D eigenvalue weighted by molar-refractivity contribution is 0.103. The molecule has 1 amide bonds. The fourth-order valence-corrected chi connectivity index (χ4v) is 5.38. The molecule has 0 saturated heterocycles. The Hall–Kier alpha value is -2.62. The predicted molar refractivity (Wildman–Crippen MR) is 119 cm³/mol. The number of benzene rings is 1. The molecular weight excluding hydrogens is 422 g/mol. The van der Waals surface area contributed by atoms with Gasteiger partial charge in [0.2, 0.25) is 10.0 Å². The molecule has 0 atom stereocenters. The van der Waals surface area contributed by atoms with Crippen LogP contribution in [0.15, 0.2) is 59.1 Å². The molecule has 7 nitrogen and oxygen atoms in total. The molecule has 0 aliphatic carbocycles. The van der Waals surface area contributed by atoms with E-state index in [9.17, 15) is 13.2 Å². The van der Waals surface area contributed by atoms with Crippen LogP contribution in [-0.4, -0.2) is 42.9 Å². The van der Waals surface area contributed by atoms with Crippen molar-refractivity contribution < 1.29 is 17.9 Å². The number of nitrogens with one attached hydrogen (secondary N) is 1. The monoisotopic (exact) mass is 447 g/mol.